The summed E-state index contributed by atoms with van der Waals surface area (Å²) in [5.41, 5.74) is 2.70. The highest BCUT2D eigenvalue weighted by Crippen LogP contribution is 2.40. The zero-order valence-electron chi connectivity index (χ0n) is 19.0. The third-order valence-corrected chi connectivity index (χ3v) is 8.13. The highest BCUT2D eigenvalue weighted by atomic mass is 32.2. The third kappa shape index (κ3) is 5.38. The molecule has 1 N–H and O–H groups in total. The van der Waals surface area contributed by atoms with Crippen molar-refractivity contribution in [3.05, 3.63) is 78.0 Å². The van der Waals surface area contributed by atoms with Crippen LogP contribution >= 0.6 is 0 Å². The maximum absolute atomic E-state index is 12.9. The summed E-state index contributed by atoms with van der Waals surface area (Å²) >= 11 is 0. The van der Waals surface area contributed by atoms with Crippen LogP contribution in [-0.4, -0.2) is 66.0 Å². The number of hydrogen-bond donors (Lipinski definition) is 1. The molecule has 0 atom stereocenters. The predicted molar refractivity (Wildman–Crippen MR) is 131 cm³/mol. The molecule has 9 heteroatoms. The van der Waals surface area contributed by atoms with Crippen LogP contribution in [0.25, 0.3) is 5.69 Å². The molecule has 2 aromatic carbocycles. The fourth-order valence-corrected chi connectivity index (χ4v) is 5.78. The molecular weight excluding hydrogens is 450 g/mol. The number of rotatable bonds is 8. The Morgan fingerprint density at radius 3 is 2.24 bits per heavy atom. The van der Waals surface area contributed by atoms with Crippen LogP contribution in [0.1, 0.15) is 30.0 Å². The lowest BCUT2D eigenvalue weighted by atomic mass is 10.2. The highest BCUT2D eigenvalue weighted by molar-refractivity contribution is 7.88. The van der Waals surface area contributed by atoms with Gasteiger partial charge in [0, 0.05) is 38.2 Å². The largest absolute Gasteiger partial charge is 0.309 e. The number of anilines is 1. The van der Waals surface area contributed by atoms with Crippen LogP contribution in [0.2, 0.25) is 0 Å². The summed E-state index contributed by atoms with van der Waals surface area (Å²) < 4.78 is 28.9. The van der Waals surface area contributed by atoms with Crippen molar-refractivity contribution >= 4 is 21.7 Å². The summed E-state index contributed by atoms with van der Waals surface area (Å²) in [6, 6.07) is 21.0. The van der Waals surface area contributed by atoms with Crippen LogP contribution in [0.4, 0.5) is 5.82 Å². The summed E-state index contributed by atoms with van der Waals surface area (Å²) in [6.45, 7) is 2.02. The number of hydrogen-bond acceptors (Lipinski definition) is 5. The lowest BCUT2D eigenvalue weighted by Crippen LogP contribution is -2.50. The van der Waals surface area contributed by atoms with E-state index in [9.17, 15) is 13.2 Å². The molecule has 1 aliphatic carbocycles. The minimum Gasteiger partial charge on any atom is -0.309 e. The van der Waals surface area contributed by atoms with Crippen LogP contribution in [0, 0.1) is 0 Å². The van der Waals surface area contributed by atoms with Gasteiger partial charge in [-0.3, -0.25) is 9.69 Å². The molecule has 1 aliphatic heterocycles. The van der Waals surface area contributed by atoms with Gasteiger partial charge in [-0.2, -0.15) is 9.40 Å². The summed E-state index contributed by atoms with van der Waals surface area (Å²) in [4.78, 5) is 14.8. The first-order chi connectivity index (χ1) is 16.5. The summed E-state index contributed by atoms with van der Waals surface area (Å²) in [5.74, 6) is 1.02. The zero-order valence-corrected chi connectivity index (χ0v) is 19.8. The zero-order chi connectivity index (χ0) is 23.5. The van der Waals surface area contributed by atoms with Crippen molar-refractivity contribution in [3.63, 3.8) is 0 Å². The quantitative estimate of drug-likeness (QED) is 0.537. The molecule has 0 spiro atoms. The van der Waals surface area contributed by atoms with Crippen molar-refractivity contribution in [2.75, 3.05) is 38.0 Å². The van der Waals surface area contributed by atoms with Gasteiger partial charge in [0.15, 0.2) is 0 Å². The first-order valence-electron chi connectivity index (χ1n) is 11.7. The Morgan fingerprint density at radius 2 is 1.59 bits per heavy atom. The van der Waals surface area contributed by atoms with E-state index in [2.05, 4.69) is 5.32 Å². The van der Waals surface area contributed by atoms with Gasteiger partial charge >= 0.3 is 0 Å². The molecule has 1 saturated heterocycles. The molecule has 5 rings (SSSR count). The Balaban J connectivity index is 1.18. The molecule has 8 nitrogen and oxygen atoms in total. The van der Waals surface area contributed by atoms with Crippen LogP contribution in [0.15, 0.2) is 66.7 Å². The van der Waals surface area contributed by atoms with E-state index < -0.39 is 10.0 Å². The van der Waals surface area contributed by atoms with Gasteiger partial charge in [0.05, 0.1) is 23.7 Å². The topological polar surface area (TPSA) is 87.5 Å². The molecule has 2 fully saturated rings. The number of aromatic nitrogens is 2. The fraction of sp³-hybridized carbons (Fsp3) is 0.360. The molecule has 178 valence electrons. The summed E-state index contributed by atoms with van der Waals surface area (Å²) in [6.07, 6.45) is 2.27. The van der Waals surface area contributed by atoms with E-state index in [1.54, 1.807) is 4.68 Å². The van der Waals surface area contributed by atoms with Crippen molar-refractivity contribution in [1.29, 1.82) is 0 Å². The van der Waals surface area contributed by atoms with Gasteiger partial charge in [0.1, 0.15) is 5.82 Å². The molecular formula is C25H29N5O3S. The number of para-hydroxylation sites is 1. The van der Waals surface area contributed by atoms with E-state index in [0.29, 0.717) is 37.9 Å². The number of piperazine rings is 1. The second-order valence-electron chi connectivity index (χ2n) is 8.94. The maximum atomic E-state index is 12.9. The molecule has 0 unspecified atom stereocenters. The molecule has 1 aromatic heterocycles. The van der Waals surface area contributed by atoms with Crippen molar-refractivity contribution in [2.45, 2.75) is 24.5 Å². The van der Waals surface area contributed by atoms with Crippen LogP contribution in [0.5, 0.6) is 0 Å². The summed E-state index contributed by atoms with van der Waals surface area (Å²) in [7, 11) is -3.38. The molecule has 3 aromatic rings. The van der Waals surface area contributed by atoms with E-state index in [0.717, 1.165) is 29.8 Å². The van der Waals surface area contributed by atoms with Crippen molar-refractivity contribution in [1.82, 2.24) is 19.0 Å². The van der Waals surface area contributed by atoms with Crippen molar-refractivity contribution in [3.8, 4) is 5.69 Å². The van der Waals surface area contributed by atoms with Crippen LogP contribution in [-0.2, 0) is 20.6 Å². The average molecular weight is 480 g/mol. The number of benzene rings is 2. The number of amides is 1. The normalized spacial score (nSPS) is 17.5. The Kier molecular flexibility index (Phi) is 6.49. The molecule has 1 saturated carbocycles. The predicted octanol–water partition coefficient (Wildman–Crippen LogP) is 2.84. The van der Waals surface area contributed by atoms with Gasteiger partial charge in [-0.25, -0.2) is 13.1 Å². The maximum Gasteiger partial charge on any atom is 0.239 e. The second-order valence-corrected chi connectivity index (χ2v) is 10.9. The third-order valence-electron chi connectivity index (χ3n) is 6.28. The summed E-state index contributed by atoms with van der Waals surface area (Å²) in [5, 5.41) is 7.75. The second kappa shape index (κ2) is 9.69. The van der Waals surface area contributed by atoms with Crippen LogP contribution in [0.3, 0.4) is 0 Å². The Bertz CT molecular complexity index is 1230. The van der Waals surface area contributed by atoms with E-state index >= 15 is 0 Å². The molecule has 2 heterocycles. The molecule has 0 bridgehead atoms. The smallest absolute Gasteiger partial charge is 0.239 e. The molecule has 0 radical (unpaired) electrons. The van der Waals surface area contributed by atoms with Gasteiger partial charge < -0.3 is 5.32 Å². The van der Waals surface area contributed by atoms with Gasteiger partial charge in [-0.05, 0) is 30.5 Å². The van der Waals surface area contributed by atoms with E-state index in [-0.39, 0.29) is 18.2 Å². The number of carbonyl (C=O) groups excluding carboxylic acids is 1. The highest BCUT2D eigenvalue weighted by Gasteiger charge is 2.29. The minimum absolute atomic E-state index is 0.00112. The van der Waals surface area contributed by atoms with E-state index in [1.165, 1.54) is 4.31 Å². The van der Waals surface area contributed by atoms with Crippen LogP contribution < -0.4 is 5.32 Å². The molecule has 1 amide bonds. The molecule has 34 heavy (non-hydrogen) atoms. The lowest BCUT2D eigenvalue weighted by molar-refractivity contribution is -0.117. The van der Waals surface area contributed by atoms with E-state index in [4.69, 9.17) is 5.10 Å². The van der Waals surface area contributed by atoms with Gasteiger partial charge in [0.25, 0.3) is 0 Å². The Morgan fingerprint density at radius 1 is 0.941 bits per heavy atom. The number of nitrogens with one attached hydrogen (secondary N) is 1. The average Bonchev–Trinajstić information content (AvgIpc) is 3.61. The standard InChI is InChI=1S/C25H29N5O3S/c31-25(26-24-17-23(21-11-12-21)27-30(24)22-9-5-2-6-10-22)18-28-13-15-29(16-14-28)34(32,33)19-20-7-3-1-4-8-20/h1-10,17,21H,11-16,18-19H2,(H,26,31). The monoisotopic (exact) mass is 479 g/mol. The first kappa shape index (κ1) is 22.8. The Hall–Kier alpha value is -3.01. The van der Waals surface area contributed by atoms with Crippen molar-refractivity contribution < 1.29 is 13.2 Å². The van der Waals surface area contributed by atoms with Gasteiger partial charge in [-0.15, -0.1) is 0 Å². The number of nitrogens with zero attached hydrogens (tertiary/aromatic N) is 4. The number of sulfonamides is 1. The van der Waals surface area contributed by atoms with E-state index in [1.807, 2.05) is 71.6 Å². The minimum atomic E-state index is -3.38. The SMILES string of the molecule is O=C(CN1CCN(S(=O)(=O)Cc2ccccc2)CC1)Nc1cc(C2CC2)nn1-c1ccccc1. The molecule has 2 aliphatic rings. The fourth-order valence-electron chi connectivity index (χ4n) is 4.26. The Labute approximate surface area is 200 Å². The van der Waals surface area contributed by atoms with Gasteiger partial charge in [-0.1, -0.05) is 48.5 Å². The van der Waals surface area contributed by atoms with Gasteiger partial charge in [0.2, 0.25) is 15.9 Å². The van der Waals surface area contributed by atoms with Crippen molar-refractivity contribution in [2.24, 2.45) is 0 Å². The first-order valence-corrected chi connectivity index (χ1v) is 13.3. The lowest BCUT2D eigenvalue weighted by Gasteiger charge is -2.33. The number of carbonyl (C=O) groups is 1.